The lowest BCUT2D eigenvalue weighted by Gasteiger charge is -2.11. The van der Waals surface area contributed by atoms with Crippen molar-refractivity contribution in [2.24, 2.45) is 0 Å². The third kappa shape index (κ3) is 3.21. The van der Waals surface area contributed by atoms with Crippen LogP contribution in [0, 0.1) is 6.92 Å². The van der Waals surface area contributed by atoms with Crippen LogP contribution in [0.25, 0.3) is 0 Å². The maximum Gasteiger partial charge on any atom is 0.355 e. The van der Waals surface area contributed by atoms with E-state index in [0.29, 0.717) is 10.6 Å². The van der Waals surface area contributed by atoms with Gasteiger partial charge in [-0.2, -0.15) is 0 Å². The molecule has 6 heteroatoms. The van der Waals surface area contributed by atoms with Crippen LogP contribution in [-0.4, -0.2) is 22.0 Å². The van der Waals surface area contributed by atoms with Gasteiger partial charge in [0, 0.05) is 10.9 Å². The zero-order valence-corrected chi connectivity index (χ0v) is 11.9. The molecule has 0 aliphatic rings. The minimum absolute atomic E-state index is 0.00133. The molecule has 1 heterocycles. The van der Waals surface area contributed by atoms with Gasteiger partial charge in [0.25, 0.3) is 5.91 Å². The molecule has 0 aliphatic heterocycles. The molecular formula is C14H14N2O3S. The third-order valence-electron chi connectivity index (χ3n) is 2.77. The van der Waals surface area contributed by atoms with E-state index in [1.54, 1.807) is 19.1 Å². The van der Waals surface area contributed by atoms with Gasteiger partial charge in [0.15, 0.2) is 5.69 Å². The zero-order valence-electron chi connectivity index (χ0n) is 11.1. The molecule has 0 saturated heterocycles. The Kier molecular flexibility index (Phi) is 4.14. The fourth-order valence-corrected chi connectivity index (χ4v) is 2.43. The van der Waals surface area contributed by atoms with Crippen LogP contribution in [0.2, 0.25) is 0 Å². The molecule has 0 radical (unpaired) electrons. The van der Waals surface area contributed by atoms with Crippen molar-refractivity contribution >= 4 is 23.2 Å². The summed E-state index contributed by atoms with van der Waals surface area (Å²) < 4.78 is 0. The molecule has 0 bridgehead atoms. The number of carboxylic acid groups (broad SMARTS) is 1. The van der Waals surface area contributed by atoms with Crippen LogP contribution >= 0.6 is 11.3 Å². The Hall–Kier alpha value is -2.21. The van der Waals surface area contributed by atoms with E-state index < -0.39 is 5.97 Å². The van der Waals surface area contributed by atoms with Crippen LogP contribution in [0.15, 0.2) is 29.6 Å². The molecule has 1 aromatic heterocycles. The van der Waals surface area contributed by atoms with Gasteiger partial charge in [0.2, 0.25) is 0 Å². The number of carbonyl (C=O) groups is 2. The number of hydrogen-bond acceptors (Lipinski definition) is 4. The van der Waals surface area contributed by atoms with E-state index in [4.69, 9.17) is 5.11 Å². The van der Waals surface area contributed by atoms with Gasteiger partial charge in [-0.25, -0.2) is 9.78 Å². The predicted molar refractivity (Wildman–Crippen MR) is 76.1 cm³/mol. The summed E-state index contributed by atoms with van der Waals surface area (Å²) in [6.45, 7) is 3.73. The summed E-state index contributed by atoms with van der Waals surface area (Å²) in [5.74, 6) is -1.27. The van der Waals surface area contributed by atoms with Crippen LogP contribution in [0.4, 0.5) is 0 Å². The molecule has 1 atom stereocenters. The van der Waals surface area contributed by atoms with Crippen molar-refractivity contribution in [3.63, 3.8) is 0 Å². The molecule has 0 saturated carbocycles. The largest absolute Gasteiger partial charge is 0.476 e. The molecule has 1 unspecified atom stereocenters. The van der Waals surface area contributed by atoms with E-state index in [1.165, 1.54) is 16.7 Å². The lowest BCUT2D eigenvalue weighted by Crippen LogP contribution is -2.26. The van der Waals surface area contributed by atoms with Crippen molar-refractivity contribution in [2.45, 2.75) is 19.9 Å². The maximum absolute atomic E-state index is 12.0. The summed E-state index contributed by atoms with van der Waals surface area (Å²) in [6.07, 6.45) is 0. The molecule has 5 nitrogen and oxygen atoms in total. The van der Waals surface area contributed by atoms with Crippen molar-refractivity contribution in [2.75, 3.05) is 0 Å². The summed E-state index contributed by atoms with van der Waals surface area (Å²) in [5.41, 5.74) is 1.65. The maximum atomic E-state index is 12.0. The van der Waals surface area contributed by atoms with Crippen LogP contribution in [0.1, 0.15) is 44.4 Å². The number of amides is 1. The molecule has 2 aromatic rings. The normalized spacial score (nSPS) is 11.9. The van der Waals surface area contributed by atoms with E-state index >= 15 is 0 Å². The van der Waals surface area contributed by atoms with E-state index in [2.05, 4.69) is 10.3 Å². The summed E-state index contributed by atoms with van der Waals surface area (Å²) in [4.78, 5) is 26.8. The van der Waals surface area contributed by atoms with E-state index in [9.17, 15) is 9.59 Å². The number of hydrogen-bond donors (Lipinski definition) is 2. The third-order valence-corrected chi connectivity index (χ3v) is 3.80. The first kappa shape index (κ1) is 14.2. The van der Waals surface area contributed by atoms with Crippen molar-refractivity contribution < 1.29 is 14.7 Å². The summed E-state index contributed by atoms with van der Waals surface area (Å²) in [5, 5.41) is 13.7. The second-order valence-electron chi connectivity index (χ2n) is 4.44. The van der Waals surface area contributed by atoms with E-state index in [0.717, 1.165) is 5.56 Å². The Balaban J connectivity index is 2.06. The molecule has 2 N–H and O–H groups in total. The highest BCUT2D eigenvalue weighted by atomic mass is 32.1. The molecule has 1 aromatic carbocycles. The summed E-state index contributed by atoms with van der Waals surface area (Å²) in [6, 6.07) is 6.91. The number of aryl methyl sites for hydroxylation is 1. The van der Waals surface area contributed by atoms with Crippen LogP contribution in [0.3, 0.4) is 0 Å². The fraction of sp³-hybridized carbons (Fsp3) is 0.214. The second kappa shape index (κ2) is 5.83. The number of aromatic carboxylic acids is 1. The zero-order chi connectivity index (χ0) is 14.7. The van der Waals surface area contributed by atoms with Gasteiger partial charge in [-0.3, -0.25) is 4.79 Å². The lowest BCUT2D eigenvalue weighted by molar-refractivity contribution is 0.0691. The standard InChI is InChI=1S/C14H14N2O3S/c1-8-3-5-10(6-4-8)12(17)15-9(2)13-16-11(7-20-13)14(18)19/h3-7,9H,1-2H3,(H,15,17)(H,18,19). The number of benzene rings is 1. The van der Waals surface area contributed by atoms with E-state index in [1.807, 2.05) is 19.1 Å². The minimum atomic E-state index is -1.07. The first-order valence-electron chi connectivity index (χ1n) is 6.03. The second-order valence-corrected chi connectivity index (χ2v) is 5.33. The number of carboxylic acids is 1. The highest BCUT2D eigenvalue weighted by Crippen LogP contribution is 2.18. The Morgan fingerprint density at radius 3 is 2.50 bits per heavy atom. The van der Waals surface area contributed by atoms with Gasteiger partial charge in [0.05, 0.1) is 6.04 Å². The Morgan fingerprint density at radius 2 is 1.95 bits per heavy atom. The Bertz CT molecular complexity index is 634. The molecule has 20 heavy (non-hydrogen) atoms. The summed E-state index contributed by atoms with van der Waals surface area (Å²) in [7, 11) is 0. The number of rotatable bonds is 4. The number of aromatic nitrogens is 1. The van der Waals surface area contributed by atoms with Gasteiger partial charge in [-0.05, 0) is 26.0 Å². The van der Waals surface area contributed by atoms with Gasteiger partial charge in [0.1, 0.15) is 5.01 Å². The molecule has 0 aliphatic carbocycles. The van der Waals surface area contributed by atoms with Gasteiger partial charge >= 0.3 is 5.97 Å². The molecular weight excluding hydrogens is 276 g/mol. The Morgan fingerprint density at radius 1 is 1.30 bits per heavy atom. The first-order chi connectivity index (χ1) is 9.47. The molecule has 0 fully saturated rings. The van der Waals surface area contributed by atoms with Crippen molar-refractivity contribution in [3.05, 3.63) is 51.5 Å². The van der Waals surface area contributed by atoms with Crippen molar-refractivity contribution in [3.8, 4) is 0 Å². The fourth-order valence-electron chi connectivity index (χ4n) is 1.63. The molecule has 2 rings (SSSR count). The number of carbonyl (C=O) groups excluding carboxylic acids is 1. The van der Waals surface area contributed by atoms with Crippen LogP contribution in [-0.2, 0) is 0 Å². The highest BCUT2D eigenvalue weighted by molar-refractivity contribution is 7.09. The minimum Gasteiger partial charge on any atom is -0.476 e. The monoisotopic (exact) mass is 290 g/mol. The average molecular weight is 290 g/mol. The summed E-state index contributed by atoms with van der Waals surface area (Å²) >= 11 is 1.22. The quantitative estimate of drug-likeness (QED) is 0.907. The van der Waals surface area contributed by atoms with E-state index in [-0.39, 0.29) is 17.6 Å². The Labute approximate surface area is 120 Å². The lowest BCUT2D eigenvalue weighted by atomic mass is 10.1. The highest BCUT2D eigenvalue weighted by Gasteiger charge is 2.16. The smallest absolute Gasteiger partial charge is 0.355 e. The predicted octanol–water partition coefficient (Wildman–Crippen LogP) is 2.64. The number of nitrogens with zero attached hydrogens (tertiary/aromatic N) is 1. The first-order valence-corrected chi connectivity index (χ1v) is 6.91. The van der Waals surface area contributed by atoms with Crippen molar-refractivity contribution in [1.29, 1.82) is 0 Å². The van der Waals surface area contributed by atoms with Gasteiger partial charge in [-0.1, -0.05) is 17.7 Å². The SMILES string of the molecule is Cc1ccc(C(=O)NC(C)c2nc(C(=O)O)cs2)cc1. The van der Waals surface area contributed by atoms with Crippen molar-refractivity contribution in [1.82, 2.24) is 10.3 Å². The average Bonchev–Trinajstić information content (AvgIpc) is 2.89. The number of nitrogens with one attached hydrogen (secondary N) is 1. The molecule has 1 amide bonds. The topological polar surface area (TPSA) is 79.3 Å². The van der Waals surface area contributed by atoms with Gasteiger partial charge in [-0.15, -0.1) is 11.3 Å². The van der Waals surface area contributed by atoms with Crippen LogP contribution in [0.5, 0.6) is 0 Å². The number of thiazole rings is 1. The van der Waals surface area contributed by atoms with Gasteiger partial charge < -0.3 is 10.4 Å². The van der Waals surface area contributed by atoms with Crippen LogP contribution < -0.4 is 5.32 Å². The molecule has 104 valence electrons. The molecule has 0 spiro atoms.